The van der Waals surface area contributed by atoms with Crippen LogP contribution >= 0.6 is 35.6 Å². The first kappa shape index (κ1) is 21.6. The van der Waals surface area contributed by atoms with E-state index in [9.17, 15) is 0 Å². The van der Waals surface area contributed by atoms with E-state index in [1.807, 2.05) is 24.3 Å². The first-order chi connectivity index (χ1) is 13.6. The summed E-state index contributed by atoms with van der Waals surface area (Å²) in [6, 6.07) is 10.1. The third-order valence-electron chi connectivity index (χ3n) is 4.97. The lowest BCUT2D eigenvalue weighted by Crippen LogP contribution is -2.44. The van der Waals surface area contributed by atoms with E-state index < -0.39 is 0 Å². The van der Waals surface area contributed by atoms with Gasteiger partial charge in [-0.3, -0.25) is 4.99 Å². The summed E-state index contributed by atoms with van der Waals surface area (Å²) in [5, 5.41) is 7.54. The lowest BCUT2D eigenvalue weighted by molar-refractivity contribution is 0.647. The Kier molecular flexibility index (Phi) is 7.18. The smallest absolute Gasteiger partial charge is 0.191 e. The number of hydrogen-bond acceptors (Lipinski definition) is 4. The molecular weight excluding hydrogens is 501 g/mol. The van der Waals surface area contributed by atoms with Crippen molar-refractivity contribution >= 4 is 53.0 Å². The minimum absolute atomic E-state index is 0. The highest BCUT2D eigenvalue weighted by Crippen LogP contribution is 2.25. The summed E-state index contributed by atoms with van der Waals surface area (Å²) < 4.78 is 2.10. The third-order valence-corrected chi connectivity index (χ3v) is 5.27. The Hall–Kier alpha value is -2.07. The number of nitrogens with zero attached hydrogens (tertiary/aromatic N) is 5. The number of halogens is 2. The number of fused-ring (bicyclic) bond motifs is 1. The van der Waals surface area contributed by atoms with Crippen LogP contribution in [0.15, 0.2) is 47.7 Å². The molecule has 0 saturated carbocycles. The van der Waals surface area contributed by atoms with Gasteiger partial charge in [0.05, 0.1) is 17.3 Å². The first-order valence-electron chi connectivity index (χ1n) is 9.40. The van der Waals surface area contributed by atoms with Gasteiger partial charge in [0.15, 0.2) is 5.96 Å². The maximum absolute atomic E-state index is 6.28. The molecule has 0 amide bonds. The molecule has 0 bridgehead atoms. The number of aromatic nitrogens is 3. The van der Waals surface area contributed by atoms with Crippen LogP contribution in [0.3, 0.4) is 0 Å². The van der Waals surface area contributed by atoms with Crippen LogP contribution in [-0.2, 0) is 6.54 Å². The van der Waals surface area contributed by atoms with Gasteiger partial charge in [0.1, 0.15) is 11.5 Å². The normalized spacial score (nSPS) is 16.7. The zero-order valence-corrected chi connectivity index (χ0v) is 19.6. The number of imidazole rings is 1. The highest BCUT2D eigenvalue weighted by molar-refractivity contribution is 14.0. The van der Waals surface area contributed by atoms with E-state index in [4.69, 9.17) is 11.6 Å². The number of anilines is 1. The highest BCUT2D eigenvalue weighted by Gasteiger charge is 2.25. The molecule has 1 unspecified atom stereocenters. The van der Waals surface area contributed by atoms with Crippen molar-refractivity contribution in [2.45, 2.75) is 25.9 Å². The van der Waals surface area contributed by atoms with E-state index in [1.165, 1.54) is 0 Å². The first-order valence-corrected chi connectivity index (χ1v) is 9.78. The van der Waals surface area contributed by atoms with Gasteiger partial charge in [-0.15, -0.1) is 24.0 Å². The number of pyridine rings is 2. The van der Waals surface area contributed by atoms with Crippen molar-refractivity contribution in [1.29, 1.82) is 0 Å². The molecule has 2 N–H and O–H groups in total. The molecule has 3 aromatic rings. The molecule has 154 valence electrons. The molecule has 1 saturated heterocycles. The number of guanidine groups is 1. The SMILES string of the molecule is CN=C(NCc1cn2c(C)cccc2n1)NC1CCN(c2ncccc2Cl)C1.I. The van der Waals surface area contributed by atoms with Crippen molar-refractivity contribution < 1.29 is 0 Å². The summed E-state index contributed by atoms with van der Waals surface area (Å²) in [7, 11) is 1.78. The molecule has 4 heterocycles. The minimum atomic E-state index is 0. The summed E-state index contributed by atoms with van der Waals surface area (Å²) in [6.07, 6.45) is 4.84. The fourth-order valence-corrected chi connectivity index (χ4v) is 3.77. The largest absolute Gasteiger partial charge is 0.353 e. The average Bonchev–Trinajstić information content (AvgIpc) is 3.33. The number of hydrogen-bond donors (Lipinski definition) is 2. The van der Waals surface area contributed by atoms with Crippen molar-refractivity contribution in [2.24, 2.45) is 4.99 Å². The second-order valence-electron chi connectivity index (χ2n) is 6.94. The van der Waals surface area contributed by atoms with E-state index in [0.29, 0.717) is 11.6 Å². The quantitative estimate of drug-likeness (QED) is 0.311. The Balaban J connectivity index is 0.00000240. The standard InChI is InChI=1S/C20H24ClN7.HI/c1-14-5-3-7-18-25-16(13-28(14)18)11-24-20(22-2)26-15-8-10-27(12-15)19-17(21)6-4-9-23-19;/h3-7,9,13,15H,8,10-12H2,1-2H3,(H2,22,24,26);1H. The van der Waals surface area contributed by atoms with E-state index >= 15 is 0 Å². The Bertz CT molecular complexity index is 1000. The van der Waals surface area contributed by atoms with Crippen LogP contribution in [0.4, 0.5) is 5.82 Å². The maximum Gasteiger partial charge on any atom is 0.191 e. The summed E-state index contributed by atoms with van der Waals surface area (Å²) in [6.45, 7) is 4.44. The Morgan fingerprint density at radius 1 is 1.31 bits per heavy atom. The van der Waals surface area contributed by atoms with Crippen LogP contribution in [0.5, 0.6) is 0 Å². The molecule has 0 spiro atoms. The summed E-state index contributed by atoms with van der Waals surface area (Å²) in [5.74, 6) is 1.62. The number of aliphatic imine (C=N–C) groups is 1. The Labute approximate surface area is 192 Å². The maximum atomic E-state index is 6.28. The fraction of sp³-hybridized carbons (Fsp3) is 0.350. The van der Waals surface area contributed by atoms with Crippen molar-refractivity contribution in [2.75, 3.05) is 25.0 Å². The molecule has 7 nitrogen and oxygen atoms in total. The molecule has 9 heteroatoms. The molecule has 3 aromatic heterocycles. The van der Waals surface area contributed by atoms with Crippen LogP contribution in [0.25, 0.3) is 5.65 Å². The molecule has 1 fully saturated rings. The number of rotatable bonds is 4. The minimum Gasteiger partial charge on any atom is -0.353 e. The summed E-state index contributed by atoms with van der Waals surface area (Å²) in [5.41, 5.74) is 3.10. The van der Waals surface area contributed by atoms with E-state index in [0.717, 1.165) is 48.3 Å². The molecule has 0 aromatic carbocycles. The second-order valence-corrected chi connectivity index (χ2v) is 7.35. The van der Waals surface area contributed by atoms with Gasteiger partial charge in [-0.2, -0.15) is 0 Å². The Morgan fingerprint density at radius 3 is 2.93 bits per heavy atom. The van der Waals surface area contributed by atoms with Crippen molar-refractivity contribution in [1.82, 2.24) is 25.0 Å². The predicted molar refractivity (Wildman–Crippen MR) is 129 cm³/mol. The zero-order chi connectivity index (χ0) is 19.5. The number of nitrogens with one attached hydrogen (secondary N) is 2. The van der Waals surface area contributed by atoms with Gasteiger partial charge in [0.2, 0.25) is 0 Å². The lowest BCUT2D eigenvalue weighted by atomic mass is 10.3. The van der Waals surface area contributed by atoms with E-state index in [-0.39, 0.29) is 30.0 Å². The van der Waals surface area contributed by atoms with E-state index in [2.05, 4.69) is 54.1 Å². The summed E-state index contributed by atoms with van der Waals surface area (Å²) in [4.78, 5) is 15.6. The summed E-state index contributed by atoms with van der Waals surface area (Å²) >= 11 is 6.28. The lowest BCUT2D eigenvalue weighted by Gasteiger charge is -2.20. The van der Waals surface area contributed by atoms with Gasteiger partial charge in [-0.05, 0) is 37.6 Å². The van der Waals surface area contributed by atoms with Gasteiger partial charge in [0, 0.05) is 44.3 Å². The second kappa shape index (κ2) is 9.62. The van der Waals surface area contributed by atoms with Gasteiger partial charge < -0.3 is 19.9 Å². The van der Waals surface area contributed by atoms with Gasteiger partial charge in [0.25, 0.3) is 0 Å². The predicted octanol–water partition coefficient (Wildman–Crippen LogP) is 3.25. The van der Waals surface area contributed by atoms with Crippen molar-refractivity contribution in [3.05, 3.63) is 59.1 Å². The molecule has 1 atom stereocenters. The van der Waals surface area contributed by atoms with Gasteiger partial charge in [-0.25, -0.2) is 9.97 Å². The average molecular weight is 526 g/mol. The number of aryl methyl sites for hydroxylation is 1. The molecule has 0 radical (unpaired) electrons. The van der Waals surface area contributed by atoms with Crippen molar-refractivity contribution in [3.63, 3.8) is 0 Å². The van der Waals surface area contributed by atoms with Crippen LogP contribution in [0.2, 0.25) is 5.02 Å². The molecule has 4 rings (SSSR count). The molecule has 0 aliphatic carbocycles. The topological polar surface area (TPSA) is 69.8 Å². The fourth-order valence-electron chi connectivity index (χ4n) is 3.53. The van der Waals surface area contributed by atoms with Gasteiger partial charge in [-0.1, -0.05) is 17.7 Å². The Morgan fingerprint density at radius 2 is 2.17 bits per heavy atom. The molecular formula is C20H25ClIN7. The molecule has 1 aliphatic heterocycles. The molecule has 29 heavy (non-hydrogen) atoms. The highest BCUT2D eigenvalue weighted by atomic mass is 127. The van der Waals surface area contributed by atoms with Crippen LogP contribution in [0, 0.1) is 6.92 Å². The van der Waals surface area contributed by atoms with Crippen LogP contribution in [-0.4, -0.2) is 46.5 Å². The third kappa shape index (κ3) is 4.92. The van der Waals surface area contributed by atoms with Crippen LogP contribution in [0.1, 0.15) is 17.8 Å². The van der Waals surface area contributed by atoms with Gasteiger partial charge >= 0.3 is 0 Å². The molecule has 1 aliphatic rings. The van der Waals surface area contributed by atoms with Crippen LogP contribution < -0.4 is 15.5 Å². The zero-order valence-electron chi connectivity index (χ0n) is 16.5. The van der Waals surface area contributed by atoms with E-state index in [1.54, 1.807) is 13.2 Å². The van der Waals surface area contributed by atoms with Crippen molar-refractivity contribution in [3.8, 4) is 0 Å². The monoisotopic (exact) mass is 525 g/mol.